The minimum Gasteiger partial charge on any atom is -0.461 e. The van der Waals surface area contributed by atoms with E-state index in [1.165, 1.54) is 11.3 Å². The molecule has 0 bridgehead atoms. The summed E-state index contributed by atoms with van der Waals surface area (Å²) in [5.41, 5.74) is 0.935. The minimum atomic E-state index is -0.330. The lowest BCUT2D eigenvalue weighted by Crippen LogP contribution is -2.46. The van der Waals surface area contributed by atoms with E-state index in [0.717, 1.165) is 44.2 Å². The van der Waals surface area contributed by atoms with Gasteiger partial charge in [0.15, 0.2) is 0 Å². The van der Waals surface area contributed by atoms with Crippen molar-refractivity contribution in [1.29, 1.82) is 0 Å². The first-order valence-corrected chi connectivity index (χ1v) is 8.64. The summed E-state index contributed by atoms with van der Waals surface area (Å²) in [5, 5.41) is 2.38. The molecule has 1 fully saturated rings. The van der Waals surface area contributed by atoms with Gasteiger partial charge >= 0.3 is 5.97 Å². The Kier molecular flexibility index (Phi) is 5.19. The van der Waals surface area contributed by atoms with E-state index in [-0.39, 0.29) is 5.97 Å². The van der Waals surface area contributed by atoms with Gasteiger partial charge in [0.2, 0.25) is 5.01 Å². The predicted molar refractivity (Wildman–Crippen MR) is 89.8 cm³/mol. The number of ether oxygens (including phenoxy) is 1. The number of pyridine rings is 1. The van der Waals surface area contributed by atoms with Gasteiger partial charge in [-0.3, -0.25) is 4.90 Å². The molecule has 2 aromatic heterocycles. The fraction of sp³-hybridized carbons (Fsp3) is 0.438. The van der Waals surface area contributed by atoms with Gasteiger partial charge in [0, 0.05) is 44.3 Å². The third-order valence-corrected chi connectivity index (χ3v) is 4.60. The zero-order chi connectivity index (χ0) is 16.1. The van der Waals surface area contributed by atoms with E-state index in [9.17, 15) is 4.79 Å². The van der Waals surface area contributed by atoms with Crippen LogP contribution in [0.3, 0.4) is 0 Å². The molecule has 0 radical (unpaired) electrons. The molecule has 0 unspecified atom stereocenters. The Balaban J connectivity index is 1.52. The van der Waals surface area contributed by atoms with Crippen LogP contribution in [0.25, 0.3) is 0 Å². The summed E-state index contributed by atoms with van der Waals surface area (Å²) in [6.45, 7) is 6.77. The molecule has 0 saturated carbocycles. The number of esters is 1. The number of hydrogen-bond acceptors (Lipinski definition) is 7. The van der Waals surface area contributed by atoms with Gasteiger partial charge in [-0.15, -0.1) is 11.3 Å². The van der Waals surface area contributed by atoms with Crippen LogP contribution in [-0.2, 0) is 11.3 Å². The van der Waals surface area contributed by atoms with E-state index < -0.39 is 0 Å². The lowest BCUT2D eigenvalue weighted by molar-refractivity contribution is 0.0525. The van der Waals surface area contributed by atoms with Crippen molar-refractivity contribution < 1.29 is 9.53 Å². The number of rotatable bonds is 5. The third-order valence-electron chi connectivity index (χ3n) is 3.73. The fourth-order valence-electron chi connectivity index (χ4n) is 2.57. The normalized spacial score (nSPS) is 15.6. The molecule has 0 aliphatic carbocycles. The van der Waals surface area contributed by atoms with Crippen LogP contribution >= 0.6 is 11.3 Å². The highest BCUT2D eigenvalue weighted by Crippen LogP contribution is 2.16. The Bertz CT molecular complexity index is 639. The zero-order valence-corrected chi connectivity index (χ0v) is 14.0. The predicted octanol–water partition coefficient (Wildman–Crippen LogP) is 2.04. The summed E-state index contributed by atoms with van der Waals surface area (Å²) in [4.78, 5) is 25.1. The Hall–Kier alpha value is -1.99. The van der Waals surface area contributed by atoms with Crippen LogP contribution in [0.1, 0.15) is 22.4 Å². The standard InChI is InChI=1S/C16H20N4O2S/c1-2-22-16(21)15-18-13(12-23-15)11-19-7-9-20(10-8-19)14-5-3-4-6-17-14/h3-6,12H,2,7-11H2,1H3. The highest BCUT2D eigenvalue weighted by atomic mass is 32.1. The number of thiazole rings is 1. The summed E-state index contributed by atoms with van der Waals surface area (Å²) in [7, 11) is 0. The van der Waals surface area contributed by atoms with Crippen LogP contribution in [0.2, 0.25) is 0 Å². The Morgan fingerprint density at radius 1 is 1.30 bits per heavy atom. The maximum Gasteiger partial charge on any atom is 0.367 e. The number of carbonyl (C=O) groups is 1. The molecule has 3 rings (SSSR count). The quantitative estimate of drug-likeness (QED) is 0.781. The summed E-state index contributed by atoms with van der Waals surface area (Å²) in [6.07, 6.45) is 1.83. The lowest BCUT2D eigenvalue weighted by Gasteiger charge is -2.35. The first-order chi connectivity index (χ1) is 11.3. The van der Waals surface area contributed by atoms with Gasteiger partial charge in [0.25, 0.3) is 0 Å². The molecule has 2 aromatic rings. The Morgan fingerprint density at radius 3 is 2.83 bits per heavy atom. The zero-order valence-electron chi connectivity index (χ0n) is 13.1. The molecule has 6 nitrogen and oxygen atoms in total. The van der Waals surface area contributed by atoms with Gasteiger partial charge in [-0.2, -0.15) is 0 Å². The monoisotopic (exact) mass is 332 g/mol. The molecule has 0 amide bonds. The van der Waals surface area contributed by atoms with Crippen LogP contribution in [0.4, 0.5) is 5.82 Å². The highest BCUT2D eigenvalue weighted by molar-refractivity contribution is 7.11. The third kappa shape index (κ3) is 4.05. The average molecular weight is 332 g/mol. The van der Waals surface area contributed by atoms with Gasteiger partial charge in [-0.05, 0) is 19.1 Å². The van der Waals surface area contributed by atoms with Gasteiger partial charge in [0.1, 0.15) is 5.82 Å². The maximum atomic E-state index is 11.6. The molecule has 0 aromatic carbocycles. The first kappa shape index (κ1) is 15.9. The van der Waals surface area contributed by atoms with Gasteiger partial charge in [-0.1, -0.05) is 6.07 Å². The van der Waals surface area contributed by atoms with E-state index in [0.29, 0.717) is 11.6 Å². The van der Waals surface area contributed by atoms with Crippen molar-refractivity contribution in [3.63, 3.8) is 0 Å². The van der Waals surface area contributed by atoms with E-state index >= 15 is 0 Å². The molecule has 122 valence electrons. The van der Waals surface area contributed by atoms with Crippen LogP contribution in [0.5, 0.6) is 0 Å². The number of carbonyl (C=O) groups excluding carboxylic acids is 1. The Morgan fingerprint density at radius 2 is 2.13 bits per heavy atom. The maximum absolute atomic E-state index is 11.6. The van der Waals surface area contributed by atoms with Gasteiger partial charge in [-0.25, -0.2) is 14.8 Å². The smallest absolute Gasteiger partial charge is 0.367 e. The van der Waals surface area contributed by atoms with Crippen LogP contribution in [0, 0.1) is 0 Å². The molecule has 1 aliphatic heterocycles. The highest BCUT2D eigenvalue weighted by Gasteiger charge is 2.19. The molecular weight excluding hydrogens is 312 g/mol. The van der Waals surface area contributed by atoms with Crippen molar-refractivity contribution in [2.24, 2.45) is 0 Å². The summed E-state index contributed by atoms with van der Waals surface area (Å²) >= 11 is 1.35. The van der Waals surface area contributed by atoms with Crippen molar-refractivity contribution in [3.8, 4) is 0 Å². The molecule has 0 N–H and O–H groups in total. The number of piperazine rings is 1. The second kappa shape index (κ2) is 7.52. The van der Waals surface area contributed by atoms with E-state index in [4.69, 9.17) is 4.74 Å². The number of aromatic nitrogens is 2. The first-order valence-electron chi connectivity index (χ1n) is 7.76. The number of anilines is 1. The van der Waals surface area contributed by atoms with Crippen molar-refractivity contribution in [3.05, 3.63) is 40.5 Å². The van der Waals surface area contributed by atoms with Crippen molar-refractivity contribution in [1.82, 2.24) is 14.9 Å². The summed E-state index contributed by atoms with van der Waals surface area (Å²) in [5.74, 6) is 0.703. The van der Waals surface area contributed by atoms with Gasteiger partial charge in [0.05, 0.1) is 12.3 Å². The fourth-order valence-corrected chi connectivity index (χ4v) is 3.27. The molecule has 0 atom stereocenters. The van der Waals surface area contributed by atoms with Crippen LogP contribution in [-0.4, -0.2) is 53.6 Å². The molecule has 7 heteroatoms. The second-order valence-electron chi connectivity index (χ2n) is 5.32. The molecular formula is C16H20N4O2S. The van der Waals surface area contributed by atoms with Crippen LogP contribution in [0.15, 0.2) is 29.8 Å². The molecule has 1 saturated heterocycles. The minimum absolute atomic E-state index is 0.330. The molecule has 1 aliphatic rings. The molecule has 23 heavy (non-hydrogen) atoms. The number of hydrogen-bond donors (Lipinski definition) is 0. The van der Waals surface area contributed by atoms with E-state index in [2.05, 4.69) is 19.8 Å². The average Bonchev–Trinajstić information content (AvgIpc) is 3.05. The summed E-state index contributed by atoms with van der Waals surface area (Å²) < 4.78 is 4.98. The van der Waals surface area contributed by atoms with Crippen molar-refractivity contribution in [2.75, 3.05) is 37.7 Å². The van der Waals surface area contributed by atoms with E-state index in [1.54, 1.807) is 6.92 Å². The van der Waals surface area contributed by atoms with Crippen molar-refractivity contribution >= 4 is 23.1 Å². The Labute approximate surface area is 139 Å². The second-order valence-corrected chi connectivity index (χ2v) is 6.17. The van der Waals surface area contributed by atoms with Gasteiger partial charge < -0.3 is 9.64 Å². The summed E-state index contributed by atoms with van der Waals surface area (Å²) in [6, 6.07) is 5.99. The molecule has 0 spiro atoms. The van der Waals surface area contributed by atoms with E-state index in [1.807, 2.05) is 29.8 Å². The SMILES string of the molecule is CCOC(=O)c1nc(CN2CCN(c3ccccn3)CC2)cs1. The largest absolute Gasteiger partial charge is 0.461 e. The molecule has 3 heterocycles. The lowest BCUT2D eigenvalue weighted by atomic mass is 10.3. The van der Waals surface area contributed by atoms with Crippen LogP contribution < -0.4 is 4.90 Å². The topological polar surface area (TPSA) is 58.6 Å². The van der Waals surface area contributed by atoms with Crippen molar-refractivity contribution in [2.45, 2.75) is 13.5 Å². The number of nitrogens with zero attached hydrogens (tertiary/aromatic N) is 4.